The van der Waals surface area contributed by atoms with Crippen LogP contribution in [-0.4, -0.2) is 72.6 Å². The number of hydrogen-bond acceptors (Lipinski definition) is 7. The molecular weight excluding hydrogens is 384 g/mol. The average molecular weight is 411 g/mol. The Hall–Kier alpha value is -1.80. The molecule has 0 radical (unpaired) electrons. The number of piperidine rings is 2. The zero-order valence-electron chi connectivity index (χ0n) is 16.3. The van der Waals surface area contributed by atoms with E-state index in [9.17, 15) is 4.79 Å². The first kappa shape index (κ1) is 19.5. The molecule has 0 N–H and O–H groups in total. The van der Waals surface area contributed by atoms with Crippen LogP contribution in [0.4, 0.5) is 10.7 Å². The van der Waals surface area contributed by atoms with Gasteiger partial charge in [-0.3, -0.25) is 0 Å². The predicted octanol–water partition coefficient (Wildman–Crippen LogP) is 2.89. The first-order valence-electron chi connectivity index (χ1n) is 9.93. The highest BCUT2D eigenvalue weighted by Gasteiger charge is 2.43. The molecule has 28 heavy (non-hydrogen) atoms. The minimum Gasteiger partial charge on any atom is -0.472 e. The second kappa shape index (κ2) is 8.29. The third kappa shape index (κ3) is 3.98. The standard InChI is InChI=1S/C19H27ClN4O4/c1-23(14-8-12-4-3-5-13(9-14)24(12)19(25)26-2)18-21-16(20)10-17(22-18)28-15-6-7-27-11-15/h10,12-15H,3-9,11H2,1-2H3/t12-,13+,14-,15-/m0/s1. The molecule has 0 aliphatic carbocycles. The SMILES string of the molecule is COC(=O)N1[C@@H]2CCC[C@H]1C[C@H](N(C)c1nc(Cl)cc(O[C@H]3CCOC3)n1)C2. The quantitative estimate of drug-likeness (QED) is 0.706. The summed E-state index contributed by atoms with van der Waals surface area (Å²) in [6, 6.07) is 2.26. The summed E-state index contributed by atoms with van der Waals surface area (Å²) in [6.07, 6.45) is 5.52. The van der Waals surface area contributed by atoms with E-state index in [2.05, 4.69) is 14.9 Å². The minimum absolute atomic E-state index is 0.00627. The molecule has 4 rings (SSSR count). The third-order valence-corrected chi connectivity index (χ3v) is 6.23. The zero-order valence-corrected chi connectivity index (χ0v) is 17.1. The van der Waals surface area contributed by atoms with Crippen molar-refractivity contribution in [2.24, 2.45) is 0 Å². The highest BCUT2D eigenvalue weighted by atomic mass is 35.5. The first-order chi connectivity index (χ1) is 13.5. The summed E-state index contributed by atoms with van der Waals surface area (Å²) in [5.74, 6) is 1.03. The van der Waals surface area contributed by atoms with Crippen molar-refractivity contribution in [3.05, 3.63) is 11.2 Å². The van der Waals surface area contributed by atoms with Crippen LogP contribution >= 0.6 is 11.6 Å². The number of anilines is 1. The van der Waals surface area contributed by atoms with Crippen LogP contribution in [0.1, 0.15) is 38.5 Å². The zero-order chi connectivity index (χ0) is 19.7. The number of aromatic nitrogens is 2. The summed E-state index contributed by atoms with van der Waals surface area (Å²) in [5, 5.41) is 0.359. The lowest BCUT2D eigenvalue weighted by Crippen LogP contribution is -2.58. The highest BCUT2D eigenvalue weighted by molar-refractivity contribution is 6.29. The predicted molar refractivity (Wildman–Crippen MR) is 104 cm³/mol. The molecule has 0 unspecified atom stereocenters. The van der Waals surface area contributed by atoms with Gasteiger partial charge in [-0.05, 0) is 32.1 Å². The normalized spacial score (nSPS) is 29.5. The third-order valence-electron chi connectivity index (χ3n) is 6.03. The Kier molecular flexibility index (Phi) is 5.78. The lowest BCUT2D eigenvalue weighted by molar-refractivity contribution is 0.0260. The molecule has 1 aromatic rings. The first-order valence-corrected chi connectivity index (χ1v) is 10.3. The number of carbonyl (C=O) groups excluding carboxylic acids is 1. The number of carbonyl (C=O) groups is 1. The summed E-state index contributed by atoms with van der Waals surface area (Å²) >= 11 is 6.24. The summed E-state index contributed by atoms with van der Waals surface area (Å²) in [6.45, 7) is 1.28. The van der Waals surface area contributed by atoms with E-state index < -0.39 is 0 Å². The Morgan fingerprint density at radius 1 is 1.29 bits per heavy atom. The van der Waals surface area contributed by atoms with Crippen LogP contribution in [-0.2, 0) is 9.47 Å². The second-order valence-electron chi connectivity index (χ2n) is 7.78. The van der Waals surface area contributed by atoms with Crippen molar-refractivity contribution in [1.29, 1.82) is 0 Å². The Bertz CT molecular complexity index is 701. The Morgan fingerprint density at radius 3 is 2.68 bits per heavy atom. The van der Waals surface area contributed by atoms with Crippen molar-refractivity contribution >= 4 is 23.6 Å². The van der Waals surface area contributed by atoms with Crippen LogP contribution in [0.25, 0.3) is 0 Å². The van der Waals surface area contributed by atoms with Crippen LogP contribution < -0.4 is 9.64 Å². The molecule has 154 valence electrons. The fourth-order valence-electron chi connectivity index (χ4n) is 4.62. The fraction of sp³-hybridized carbons (Fsp3) is 0.737. The van der Waals surface area contributed by atoms with Crippen molar-refractivity contribution in [3.63, 3.8) is 0 Å². The van der Waals surface area contributed by atoms with E-state index in [0.717, 1.165) is 38.5 Å². The molecule has 4 heterocycles. The van der Waals surface area contributed by atoms with Gasteiger partial charge >= 0.3 is 6.09 Å². The van der Waals surface area contributed by atoms with E-state index >= 15 is 0 Å². The van der Waals surface area contributed by atoms with E-state index in [0.29, 0.717) is 30.2 Å². The Labute approximate surface area is 170 Å². The minimum atomic E-state index is -0.218. The van der Waals surface area contributed by atoms with Gasteiger partial charge in [0.2, 0.25) is 11.8 Å². The van der Waals surface area contributed by atoms with Gasteiger partial charge in [-0.1, -0.05) is 11.6 Å². The van der Waals surface area contributed by atoms with Crippen LogP contribution in [0.15, 0.2) is 6.07 Å². The van der Waals surface area contributed by atoms with Gasteiger partial charge in [0, 0.05) is 37.7 Å². The van der Waals surface area contributed by atoms with E-state index in [1.54, 1.807) is 6.07 Å². The van der Waals surface area contributed by atoms with Crippen LogP contribution in [0.3, 0.4) is 0 Å². The van der Waals surface area contributed by atoms with Gasteiger partial charge in [0.05, 0.1) is 20.3 Å². The maximum Gasteiger partial charge on any atom is 0.409 e. The molecule has 3 aliphatic heterocycles. The van der Waals surface area contributed by atoms with Gasteiger partial charge in [0.1, 0.15) is 11.3 Å². The molecule has 2 bridgehead atoms. The monoisotopic (exact) mass is 410 g/mol. The van der Waals surface area contributed by atoms with Crippen molar-refractivity contribution in [2.45, 2.75) is 62.8 Å². The molecule has 9 heteroatoms. The van der Waals surface area contributed by atoms with Crippen molar-refractivity contribution < 1.29 is 19.0 Å². The Morgan fingerprint density at radius 2 is 2.04 bits per heavy atom. The van der Waals surface area contributed by atoms with Gasteiger partial charge < -0.3 is 24.0 Å². The number of hydrogen-bond donors (Lipinski definition) is 0. The van der Waals surface area contributed by atoms with E-state index in [1.807, 2.05) is 11.9 Å². The molecule has 3 fully saturated rings. The number of fused-ring (bicyclic) bond motifs is 2. The van der Waals surface area contributed by atoms with Gasteiger partial charge in [0.25, 0.3) is 0 Å². The van der Waals surface area contributed by atoms with Crippen molar-refractivity contribution in [1.82, 2.24) is 14.9 Å². The molecule has 3 aliphatic rings. The molecule has 4 atom stereocenters. The maximum atomic E-state index is 12.2. The van der Waals surface area contributed by atoms with E-state index in [1.165, 1.54) is 7.11 Å². The van der Waals surface area contributed by atoms with Gasteiger partial charge in [-0.2, -0.15) is 4.98 Å². The molecule has 8 nitrogen and oxygen atoms in total. The second-order valence-corrected chi connectivity index (χ2v) is 8.17. The molecular formula is C19H27ClN4O4. The lowest BCUT2D eigenvalue weighted by atomic mass is 9.81. The molecule has 0 saturated carbocycles. The average Bonchev–Trinajstić information content (AvgIpc) is 3.18. The molecule has 0 spiro atoms. The molecule has 1 amide bonds. The summed E-state index contributed by atoms with van der Waals surface area (Å²) in [4.78, 5) is 25.2. The van der Waals surface area contributed by atoms with E-state index in [-0.39, 0.29) is 30.3 Å². The van der Waals surface area contributed by atoms with Crippen LogP contribution in [0.5, 0.6) is 5.88 Å². The number of nitrogens with zero attached hydrogens (tertiary/aromatic N) is 4. The lowest BCUT2D eigenvalue weighted by Gasteiger charge is -2.49. The number of ether oxygens (including phenoxy) is 3. The number of methoxy groups -OCH3 is 1. The van der Waals surface area contributed by atoms with Gasteiger partial charge in [-0.25, -0.2) is 9.78 Å². The van der Waals surface area contributed by atoms with E-state index in [4.69, 9.17) is 25.8 Å². The topological polar surface area (TPSA) is 77.0 Å². The Balaban J connectivity index is 1.49. The van der Waals surface area contributed by atoms with Gasteiger partial charge in [-0.15, -0.1) is 0 Å². The molecule has 3 saturated heterocycles. The van der Waals surface area contributed by atoms with Gasteiger partial charge in [0.15, 0.2) is 0 Å². The smallest absolute Gasteiger partial charge is 0.409 e. The summed E-state index contributed by atoms with van der Waals surface area (Å²) < 4.78 is 16.3. The number of amides is 1. The number of halogens is 1. The largest absolute Gasteiger partial charge is 0.472 e. The van der Waals surface area contributed by atoms with Crippen molar-refractivity contribution in [3.8, 4) is 5.88 Å². The summed E-state index contributed by atoms with van der Waals surface area (Å²) in [5.41, 5.74) is 0. The van der Waals surface area contributed by atoms with Crippen molar-refractivity contribution in [2.75, 3.05) is 32.3 Å². The maximum absolute atomic E-state index is 12.2. The van der Waals surface area contributed by atoms with Crippen LogP contribution in [0.2, 0.25) is 5.15 Å². The summed E-state index contributed by atoms with van der Waals surface area (Å²) in [7, 11) is 3.44. The molecule has 0 aromatic carbocycles. The fourth-order valence-corrected chi connectivity index (χ4v) is 4.78. The molecule has 1 aromatic heterocycles. The number of rotatable bonds is 4. The highest BCUT2D eigenvalue weighted by Crippen LogP contribution is 2.37. The van der Waals surface area contributed by atoms with Crippen LogP contribution in [0, 0.1) is 0 Å².